The van der Waals surface area contributed by atoms with E-state index in [1.807, 2.05) is 0 Å². The van der Waals surface area contributed by atoms with Crippen LogP contribution in [0.3, 0.4) is 0 Å². The van der Waals surface area contributed by atoms with E-state index in [0.29, 0.717) is 33.5 Å². The van der Waals surface area contributed by atoms with Gasteiger partial charge in [-0.25, -0.2) is 35.1 Å². The van der Waals surface area contributed by atoms with Crippen LogP contribution in [0.1, 0.15) is 19.3 Å². The lowest BCUT2D eigenvalue weighted by molar-refractivity contribution is 0.267. The van der Waals surface area contributed by atoms with Crippen LogP contribution >= 0.6 is 15.8 Å². The van der Waals surface area contributed by atoms with E-state index in [4.69, 9.17) is 0 Å². The molecular weight excluding hydrogens is 610 g/mol. The molecule has 0 heterocycles. The lowest BCUT2D eigenvalue weighted by atomic mass is 9.81. The molecule has 2 saturated carbocycles. The zero-order valence-corrected chi connectivity index (χ0v) is 24.5. The highest BCUT2D eigenvalue weighted by molar-refractivity contribution is 7.73. The van der Waals surface area contributed by atoms with Crippen molar-refractivity contribution in [1.29, 1.82) is 0 Å². The molecule has 0 spiro atoms. The Balaban J connectivity index is 1.41. The second-order valence-corrected chi connectivity index (χ2v) is 15.9. The minimum Gasteiger partial charge on any atom is -0.207 e. The van der Waals surface area contributed by atoms with Crippen molar-refractivity contribution in [3.05, 3.63) is 119 Å². The molecule has 2 bridgehead atoms. The molecule has 4 atom stereocenters. The molecule has 0 saturated heterocycles. The summed E-state index contributed by atoms with van der Waals surface area (Å²) in [6, 6.07) is 12.5. The van der Waals surface area contributed by atoms with Gasteiger partial charge < -0.3 is 0 Å². The van der Waals surface area contributed by atoms with Gasteiger partial charge in [0.1, 0.15) is 46.5 Å². The summed E-state index contributed by atoms with van der Waals surface area (Å²) >= 11 is 0. The van der Waals surface area contributed by atoms with Crippen molar-refractivity contribution in [3.8, 4) is 0 Å². The Hall–Kier alpha value is -2.82. The molecule has 0 aromatic heterocycles. The highest BCUT2D eigenvalue weighted by Crippen LogP contribution is 2.58. The largest absolute Gasteiger partial charge is 0.207 e. The average Bonchev–Trinajstić information content (AvgIpc) is 3.50. The van der Waals surface area contributed by atoms with E-state index in [9.17, 15) is 35.1 Å². The van der Waals surface area contributed by atoms with Crippen molar-refractivity contribution in [3.63, 3.8) is 0 Å². The fraction of sp³-hybridized carbons (Fsp3) is 0.273. The molecule has 0 N–H and O–H groups in total. The van der Waals surface area contributed by atoms with Gasteiger partial charge in [0.15, 0.2) is 0 Å². The van der Waals surface area contributed by atoms with Gasteiger partial charge in [0, 0.05) is 24.3 Å². The number of fused-ring (bicyclic) bond motifs is 2. The van der Waals surface area contributed by atoms with Crippen LogP contribution in [-0.2, 0) is 0 Å². The van der Waals surface area contributed by atoms with Gasteiger partial charge in [-0.3, -0.25) is 0 Å². The molecule has 10 heteroatoms. The molecule has 224 valence electrons. The summed E-state index contributed by atoms with van der Waals surface area (Å²) in [6.07, 6.45) is 3.44. The van der Waals surface area contributed by atoms with Crippen LogP contribution in [0.5, 0.6) is 0 Å². The Morgan fingerprint density at radius 1 is 0.395 bits per heavy atom. The van der Waals surface area contributed by atoms with Crippen molar-refractivity contribution in [2.24, 2.45) is 23.7 Å². The van der Waals surface area contributed by atoms with Crippen LogP contribution in [0, 0.1) is 70.2 Å². The van der Waals surface area contributed by atoms with Crippen LogP contribution in [-0.4, -0.2) is 12.3 Å². The fourth-order valence-electron chi connectivity index (χ4n) is 7.02. The summed E-state index contributed by atoms with van der Waals surface area (Å²) in [6.45, 7) is 0. The van der Waals surface area contributed by atoms with E-state index in [0.717, 1.165) is 43.5 Å². The lowest BCUT2D eigenvalue weighted by Gasteiger charge is -2.36. The standard InChI is InChI=1S/C33H26F8P2/c34-20-4-21(35)9-28(8-20)42(29-10-22(36)5-23(37)11-29)16-32-18-1-2-19(3-18)33(32)17-43(30-12-24(38)6-25(39)13-30)31-14-26(40)7-27(41)15-31/h4-15,18-19,32-33H,1-3,16-17H2/t18-,19+,32-,33-/m1/s1. The molecule has 4 aromatic carbocycles. The Labute approximate surface area is 246 Å². The monoisotopic (exact) mass is 636 g/mol. The first-order valence-corrected chi connectivity index (χ1v) is 17.0. The van der Waals surface area contributed by atoms with Crippen LogP contribution in [0.2, 0.25) is 0 Å². The van der Waals surface area contributed by atoms with Gasteiger partial charge in [-0.15, -0.1) is 0 Å². The number of rotatable bonds is 8. The molecule has 0 amide bonds. The summed E-state index contributed by atoms with van der Waals surface area (Å²) in [5.74, 6) is -6.04. The third kappa shape index (κ3) is 6.66. The molecule has 2 aliphatic rings. The van der Waals surface area contributed by atoms with Crippen molar-refractivity contribution in [2.75, 3.05) is 12.3 Å². The van der Waals surface area contributed by atoms with Gasteiger partial charge in [0.05, 0.1) is 0 Å². The smallest absolute Gasteiger partial charge is 0.126 e. The first kappa shape index (κ1) is 30.2. The summed E-state index contributed by atoms with van der Waals surface area (Å²) < 4.78 is 115. The minimum absolute atomic E-state index is 0.0515. The minimum atomic E-state index is -1.61. The van der Waals surface area contributed by atoms with E-state index in [2.05, 4.69) is 0 Å². The highest BCUT2D eigenvalue weighted by atomic mass is 31.1. The number of benzene rings is 4. The molecule has 0 nitrogen and oxygen atoms in total. The van der Waals surface area contributed by atoms with E-state index in [1.54, 1.807) is 0 Å². The van der Waals surface area contributed by atoms with E-state index in [1.165, 1.54) is 48.5 Å². The zero-order valence-electron chi connectivity index (χ0n) is 22.7. The van der Waals surface area contributed by atoms with Crippen LogP contribution in [0.15, 0.2) is 72.8 Å². The SMILES string of the molecule is Fc1cc(F)cc(P(C[C@@H]2[C@@H]3CC[C@@H](C3)[C@H]2CP(c2cc(F)cc(F)c2)c2cc(F)cc(F)c2)c2cc(F)cc(F)c2)c1. The van der Waals surface area contributed by atoms with Crippen LogP contribution in [0.25, 0.3) is 0 Å². The van der Waals surface area contributed by atoms with Crippen LogP contribution < -0.4 is 21.2 Å². The fourth-order valence-corrected chi connectivity index (χ4v) is 12.7. The van der Waals surface area contributed by atoms with Crippen molar-refractivity contribution >= 4 is 37.1 Å². The maximum Gasteiger partial charge on any atom is 0.126 e. The van der Waals surface area contributed by atoms with Gasteiger partial charge in [0.2, 0.25) is 0 Å². The van der Waals surface area contributed by atoms with E-state index < -0.39 is 62.4 Å². The summed E-state index contributed by atoms with van der Waals surface area (Å²) in [5, 5.41) is 1.22. The molecule has 2 aliphatic carbocycles. The zero-order chi connectivity index (χ0) is 30.4. The molecule has 4 aromatic rings. The number of halogens is 8. The lowest BCUT2D eigenvalue weighted by Crippen LogP contribution is -2.32. The average molecular weight is 637 g/mol. The van der Waals surface area contributed by atoms with E-state index >= 15 is 0 Å². The van der Waals surface area contributed by atoms with E-state index in [-0.39, 0.29) is 23.7 Å². The predicted octanol–water partition coefficient (Wildman–Crippen LogP) is 8.03. The Morgan fingerprint density at radius 3 is 0.860 bits per heavy atom. The molecular formula is C33H26F8P2. The summed E-state index contributed by atoms with van der Waals surface area (Å²) in [4.78, 5) is 0. The molecule has 43 heavy (non-hydrogen) atoms. The third-order valence-corrected chi connectivity index (χ3v) is 13.8. The molecule has 6 rings (SSSR count). The second-order valence-electron chi connectivity index (χ2n) is 11.4. The van der Waals surface area contributed by atoms with Crippen molar-refractivity contribution < 1.29 is 35.1 Å². The summed E-state index contributed by atoms with van der Waals surface area (Å²) in [7, 11) is -3.22. The van der Waals surface area contributed by atoms with Crippen LogP contribution in [0.4, 0.5) is 35.1 Å². The predicted molar refractivity (Wildman–Crippen MR) is 155 cm³/mol. The maximum absolute atomic E-state index is 14.4. The van der Waals surface area contributed by atoms with Gasteiger partial charge in [0.25, 0.3) is 0 Å². The number of hydrogen-bond acceptors (Lipinski definition) is 0. The van der Waals surface area contributed by atoms with Crippen molar-refractivity contribution in [2.45, 2.75) is 19.3 Å². The topological polar surface area (TPSA) is 0 Å². The Kier molecular flexibility index (Phi) is 8.63. The second kappa shape index (κ2) is 12.3. The van der Waals surface area contributed by atoms with Gasteiger partial charge in [-0.2, -0.15) is 0 Å². The molecule has 0 aliphatic heterocycles. The Morgan fingerprint density at radius 2 is 0.628 bits per heavy atom. The van der Waals surface area contributed by atoms with Gasteiger partial charge in [-0.1, -0.05) is 0 Å². The van der Waals surface area contributed by atoms with Gasteiger partial charge >= 0.3 is 0 Å². The first-order chi connectivity index (χ1) is 20.5. The first-order valence-electron chi connectivity index (χ1n) is 13.9. The molecule has 0 unspecified atom stereocenters. The molecule has 0 radical (unpaired) electrons. The highest BCUT2D eigenvalue weighted by Gasteiger charge is 2.49. The number of hydrogen-bond donors (Lipinski definition) is 0. The van der Waals surface area contributed by atoms with Gasteiger partial charge in [-0.05, 0) is 141 Å². The Bertz CT molecular complexity index is 1360. The third-order valence-electron chi connectivity index (χ3n) is 8.70. The quantitative estimate of drug-likeness (QED) is 0.136. The molecule has 2 fully saturated rings. The van der Waals surface area contributed by atoms with Crippen molar-refractivity contribution in [1.82, 2.24) is 0 Å². The summed E-state index contributed by atoms with van der Waals surface area (Å²) in [5.41, 5.74) is 0. The maximum atomic E-state index is 14.4. The normalized spacial score (nSPS) is 21.3.